The summed E-state index contributed by atoms with van der Waals surface area (Å²) in [4.78, 5) is 8.50. The van der Waals surface area contributed by atoms with E-state index in [0.29, 0.717) is 0 Å². The number of carbonyl (C=O) groups is 1. The monoisotopic (exact) mass is 284 g/mol. The van der Waals surface area contributed by atoms with Gasteiger partial charge in [-0.25, -0.2) is 0 Å². The molecule has 0 spiro atoms. The molecule has 10 heteroatoms. The van der Waals surface area contributed by atoms with Crippen LogP contribution in [-0.2, 0) is 4.79 Å². The third-order valence-electron chi connectivity index (χ3n) is 1.52. The Bertz CT molecular complexity index is 344. The van der Waals surface area contributed by atoms with Gasteiger partial charge in [0.1, 0.15) is 10.2 Å². The first kappa shape index (κ1) is 13.6. The van der Waals surface area contributed by atoms with Gasteiger partial charge in [-0.1, -0.05) is 21.6 Å². The predicted octanol–water partition coefficient (Wildman–Crippen LogP) is 3.21. The topological polar surface area (TPSA) is 37.3 Å². The van der Waals surface area contributed by atoms with E-state index in [1.165, 1.54) is 0 Å². The number of allylic oxidation sites excluding steroid dienone is 1. The summed E-state index contributed by atoms with van der Waals surface area (Å²) < 4.78 is 73.5. The van der Waals surface area contributed by atoms with Gasteiger partial charge in [-0.3, -0.25) is 4.79 Å². The van der Waals surface area contributed by atoms with Crippen LogP contribution < -0.4 is 0 Å². The first-order chi connectivity index (χ1) is 7.05. The van der Waals surface area contributed by atoms with E-state index in [2.05, 4.69) is 0 Å². The summed E-state index contributed by atoms with van der Waals surface area (Å²) in [6.45, 7) is 0. The highest BCUT2D eigenvalue weighted by Gasteiger charge is 2.55. The zero-order valence-electron chi connectivity index (χ0n) is 7.02. The Morgan fingerprint density at radius 3 is 1.94 bits per heavy atom. The summed E-state index contributed by atoms with van der Waals surface area (Å²) >= 11 is 0. The van der Waals surface area contributed by atoms with Crippen LogP contribution in [0.2, 0.25) is 0 Å². The van der Waals surface area contributed by atoms with Crippen molar-refractivity contribution >= 4 is 27.6 Å². The van der Waals surface area contributed by atoms with E-state index in [4.69, 9.17) is 5.11 Å². The summed E-state index contributed by atoms with van der Waals surface area (Å²) in [5.74, 6) is -1.94. The highest BCUT2D eigenvalue weighted by atomic mass is 33.1. The molecule has 16 heavy (non-hydrogen) atoms. The molecule has 1 N–H and O–H groups in total. The van der Waals surface area contributed by atoms with Crippen molar-refractivity contribution in [3.63, 3.8) is 0 Å². The van der Waals surface area contributed by atoms with Crippen molar-refractivity contribution in [2.75, 3.05) is 0 Å². The van der Waals surface area contributed by atoms with Crippen LogP contribution in [0, 0.1) is 0 Å². The molecule has 1 unspecified atom stereocenters. The van der Waals surface area contributed by atoms with Crippen LogP contribution in [0.1, 0.15) is 0 Å². The number of carboxylic acid groups (broad SMARTS) is 1. The minimum Gasteiger partial charge on any atom is -0.480 e. The summed E-state index contributed by atoms with van der Waals surface area (Å²) in [6.07, 6.45) is -10.5. The quantitative estimate of drug-likeness (QED) is 0.592. The number of alkyl halides is 6. The van der Waals surface area contributed by atoms with Gasteiger partial charge in [-0.15, -0.1) is 0 Å². The SMILES string of the molecule is O=C(O)C1SSC(C(F)(F)F)=C1C(F)(F)F. The molecule has 1 aliphatic heterocycles. The maximum Gasteiger partial charge on any atom is 0.423 e. The predicted molar refractivity (Wildman–Crippen MR) is 45.7 cm³/mol. The smallest absolute Gasteiger partial charge is 0.423 e. The zero-order valence-corrected chi connectivity index (χ0v) is 8.65. The summed E-state index contributed by atoms with van der Waals surface area (Å²) in [7, 11) is -0.185. The highest BCUT2D eigenvalue weighted by molar-refractivity contribution is 8.79. The van der Waals surface area contributed by atoms with Crippen molar-refractivity contribution in [2.45, 2.75) is 17.6 Å². The summed E-state index contributed by atoms with van der Waals surface area (Å²) in [5.41, 5.74) is -2.04. The molecular formula is C6H2F6O2S2. The first-order valence-electron chi connectivity index (χ1n) is 3.50. The molecule has 0 radical (unpaired) electrons. The van der Waals surface area contributed by atoms with Crippen LogP contribution in [-0.4, -0.2) is 28.7 Å². The molecule has 0 aromatic carbocycles. The first-order valence-corrected chi connectivity index (χ1v) is 5.71. The van der Waals surface area contributed by atoms with Crippen molar-refractivity contribution in [1.82, 2.24) is 0 Å². The minimum atomic E-state index is -5.30. The second kappa shape index (κ2) is 4.06. The van der Waals surface area contributed by atoms with E-state index < -0.39 is 34.1 Å². The molecule has 0 saturated carbocycles. The molecule has 1 rings (SSSR count). The molecule has 92 valence electrons. The fourth-order valence-corrected chi connectivity index (χ4v) is 3.73. The number of aliphatic carboxylic acids is 1. The normalized spacial score (nSPS) is 22.8. The molecule has 1 heterocycles. The molecule has 0 aliphatic carbocycles. The van der Waals surface area contributed by atoms with E-state index in [9.17, 15) is 31.1 Å². The third-order valence-corrected chi connectivity index (χ3v) is 4.23. The molecular weight excluding hydrogens is 282 g/mol. The van der Waals surface area contributed by atoms with Gasteiger partial charge in [0.05, 0.1) is 5.57 Å². The number of halogens is 6. The van der Waals surface area contributed by atoms with Gasteiger partial charge >= 0.3 is 18.3 Å². The molecule has 0 aromatic rings. The standard InChI is InChI=1S/C6H2F6O2S2/c7-5(8,9)1-2(4(13)14)15-16-3(1)6(10,11)12/h2H,(H,13,14). The van der Waals surface area contributed by atoms with E-state index in [1.807, 2.05) is 0 Å². The number of hydrogen-bond acceptors (Lipinski definition) is 3. The molecule has 1 aliphatic rings. The van der Waals surface area contributed by atoms with Crippen LogP contribution in [0.15, 0.2) is 10.5 Å². The fourth-order valence-electron chi connectivity index (χ4n) is 0.950. The molecule has 2 nitrogen and oxygen atoms in total. The molecule has 0 aromatic heterocycles. The Kier molecular flexibility index (Phi) is 3.44. The lowest BCUT2D eigenvalue weighted by Gasteiger charge is -2.14. The van der Waals surface area contributed by atoms with E-state index in [-0.39, 0.29) is 21.6 Å². The second-order valence-electron chi connectivity index (χ2n) is 2.64. The van der Waals surface area contributed by atoms with Gasteiger partial charge in [0.15, 0.2) is 0 Å². The number of rotatable bonds is 1. The van der Waals surface area contributed by atoms with Gasteiger partial charge in [0.25, 0.3) is 0 Å². The van der Waals surface area contributed by atoms with Crippen molar-refractivity contribution in [2.24, 2.45) is 0 Å². The zero-order chi connectivity index (χ0) is 12.7. The maximum atomic E-state index is 12.3. The molecule has 0 amide bonds. The van der Waals surface area contributed by atoms with Gasteiger partial charge in [0.2, 0.25) is 0 Å². The average Bonchev–Trinajstić information content (AvgIpc) is 2.43. The molecule has 0 saturated heterocycles. The van der Waals surface area contributed by atoms with Gasteiger partial charge in [0, 0.05) is 0 Å². The van der Waals surface area contributed by atoms with E-state index >= 15 is 0 Å². The largest absolute Gasteiger partial charge is 0.480 e. The van der Waals surface area contributed by atoms with Crippen LogP contribution >= 0.6 is 21.6 Å². The van der Waals surface area contributed by atoms with E-state index in [0.717, 1.165) is 0 Å². The van der Waals surface area contributed by atoms with Gasteiger partial charge < -0.3 is 5.11 Å². The Morgan fingerprint density at radius 1 is 1.12 bits per heavy atom. The highest BCUT2D eigenvalue weighted by Crippen LogP contribution is 2.57. The van der Waals surface area contributed by atoms with Crippen molar-refractivity contribution < 1.29 is 36.2 Å². The Balaban J connectivity index is 3.28. The van der Waals surface area contributed by atoms with Crippen LogP contribution in [0.3, 0.4) is 0 Å². The van der Waals surface area contributed by atoms with Crippen molar-refractivity contribution in [3.8, 4) is 0 Å². The number of hydrogen-bond donors (Lipinski definition) is 1. The van der Waals surface area contributed by atoms with Crippen molar-refractivity contribution in [3.05, 3.63) is 10.5 Å². The van der Waals surface area contributed by atoms with Gasteiger partial charge in [-0.05, 0) is 0 Å². The van der Waals surface area contributed by atoms with Crippen LogP contribution in [0.25, 0.3) is 0 Å². The molecule has 0 fully saturated rings. The number of carboxylic acids is 1. The third kappa shape index (κ3) is 2.59. The average molecular weight is 284 g/mol. The Labute approximate surface area is 92.5 Å². The lowest BCUT2D eigenvalue weighted by molar-refractivity contribution is -0.139. The molecule has 1 atom stereocenters. The van der Waals surface area contributed by atoms with Crippen LogP contribution in [0.5, 0.6) is 0 Å². The van der Waals surface area contributed by atoms with Crippen LogP contribution in [0.4, 0.5) is 26.3 Å². The second-order valence-corrected chi connectivity index (χ2v) is 4.95. The summed E-state index contributed by atoms with van der Waals surface area (Å²) in [6, 6.07) is 0. The Hall–Kier alpha value is -0.510. The fraction of sp³-hybridized carbons (Fsp3) is 0.500. The lowest BCUT2D eigenvalue weighted by atomic mass is 10.1. The van der Waals surface area contributed by atoms with Gasteiger partial charge in [-0.2, -0.15) is 26.3 Å². The Morgan fingerprint density at radius 2 is 1.62 bits per heavy atom. The summed E-state index contributed by atoms with van der Waals surface area (Å²) in [5, 5.41) is 6.16. The maximum absolute atomic E-state index is 12.3. The van der Waals surface area contributed by atoms with Crippen molar-refractivity contribution in [1.29, 1.82) is 0 Å². The van der Waals surface area contributed by atoms with E-state index in [1.54, 1.807) is 0 Å². The lowest BCUT2D eigenvalue weighted by Crippen LogP contribution is -2.28. The molecule has 0 bridgehead atoms. The minimum absolute atomic E-state index is 0.0235.